The molecule has 502 valence electrons. The minimum Gasteiger partial charge on any atom is -0.462 e. The summed E-state index contributed by atoms with van der Waals surface area (Å²) in [5.41, 5.74) is 0. The van der Waals surface area contributed by atoms with Gasteiger partial charge in [-0.2, -0.15) is 0 Å². The summed E-state index contributed by atoms with van der Waals surface area (Å²) in [6.07, 6.45) is 102. The van der Waals surface area contributed by atoms with Crippen molar-refractivity contribution in [3.63, 3.8) is 0 Å². The van der Waals surface area contributed by atoms with Gasteiger partial charge in [0.25, 0.3) is 0 Å². The highest BCUT2D eigenvalue weighted by Gasteiger charge is 2.16. The molecular formula is C80H152O5. The molecule has 0 aliphatic carbocycles. The van der Waals surface area contributed by atoms with Crippen LogP contribution in [0.5, 0.6) is 0 Å². The second-order valence-electron chi connectivity index (χ2n) is 26.8. The van der Waals surface area contributed by atoms with Gasteiger partial charge in [-0.3, -0.25) is 9.59 Å². The first-order chi connectivity index (χ1) is 42.1. The molecule has 0 spiro atoms. The molecular weight excluding hydrogens is 1040 g/mol. The van der Waals surface area contributed by atoms with Crippen LogP contribution in [0.4, 0.5) is 0 Å². The van der Waals surface area contributed by atoms with Crippen molar-refractivity contribution in [2.45, 2.75) is 450 Å². The molecule has 0 heterocycles. The molecule has 0 aliphatic heterocycles. The molecule has 1 unspecified atom stereocenters. The van der Waals surface area contributed by atoms with Gasteiger partial charge in [0.05, 0.1) is 6.61 Å². The van der Waals surface area contributed by atoms with Crippen molar-refractivity contribution in [3.05, 3.63) is 36.5 Å². The molecule has 0 saturated heterocycles. The molecule has 85 heavy (non-hydrogen) atoms. The third-order valence-corrected chi connectivity index (χ3v) is 18.2. The zero-order valence-electron chi connectivity index (χ0n) is 57.9. The number of carbonyl (C=O) groups is 2. The molecule has 0 bridgehead atoms. The summed E-state index contributed by atoms with van der Waals surface area (Å²) in [5.74, 6) is -0.565. The number of unbranched alkanes of at least 4 members (excludes halogenated alkanes) is 60. The molecule has 0 aromatic rings. The highest BCUT2D eigenvalue weighted by atomic mass is 16.6. The summed E-state index contributed by atoms with van der Waals surface area (Å²) in [4.78, 5) is 24.7. The van der Waals surface area contributed by atoms with E-state index in [1.807, 2.05) is 0 Å². The van der Waals surface area contributed by atoms with Crippen LogP contribution in [0.3, 0.4) is 0 Å². The molecule has 0 aliphatic rings. The molecule has 0 saturated carbocycles. The Kier molecular flexibility index (Phi) is 74.7. The van der Waals surface area contributed by atoms with Crippen LogP contribution in [0, 0.1) is 0 Å². The van der Waals surface area contributed by atoms with Crippen molar-refractivity contribution in [1.29, 1.82) is 0 Å². The lowest BCUT2D eigenvalue weighted by molar-refractivity contribution is -0.161. The summed E-state index contributed by atoms with van der Waals surface area (Å²) in [5, 5.41) is 9.72. The number of aliphatic hydroxyl groups is 1. The quantitative estimate of drug-likeness (QED) is 0.0373. The minimum atomic E-state index is -0.771. The average Bonchev–Trinajstić information content (AvgIpc) is 3.51. The fourth-order valence-corrected chi connectivity index (χ4v) is 12.3. The first-order valence-corrected chi connectivity index (χ1v) is 39.0. The minimum absolute atomic E-state index is 0.0595. The van der Waals surface area contributed by atoms with Crippen LogP contribution in [0.15, 0.2) is 36.5 Å². The van der Waals surface area contributed by atoms with Gasteiger partial charge in [-0.05, 0) is 51.4 Å². The molecule has 0 fully saturated rings. The van der Waals surface area contributed by atoms with E-state index in [9.17, 15) is 14.7 Å². The van der Waals surface area contributed by atoms with Gasteiger partial charge >= 0.3 is 11.9 Å². The van der Waals surface area contributed by atoms with E-state index < -0.39 is 6.10 Å². The largest absolute Gasteiger partial charge is 0.462 e. The van der Waals surface area contributed by atoms with Gasteiger partial charge in [0, 0.05) is 12.8 Å². The Morgan fingerprint density at radius 2 is 0.471 bits per heavy atom. The summed E-state index contributed by atoms with van der Waals surface area (Å²) in [6, 6.07) is 0. The normalized spacial score (nSPS) is 12.3. The Morgan fingerprint density at radius 3 is 0.706 bits per heavy atom. The smallest absolute Gasteiger partial charge is 0.306 e. The van der Waals surface area contributed by atoms with E-state index >= 15 is 0 Å². The number of esters is 2. The zero-order valence-corrected chi connectivity index (χ0v) is 57.9. The Balaban J connectivity index is 3.36. The Hall–Kier alpha value is -1.88. The maximum atomic E-state index is 12.4. The van der Waals surface area contributed by atoms with E-state index in [1.54, 1.807) is 0 Å². The van der Waals surface area contributed by atoms with Gasteiger partial charge in [-0.1, -0.05) is 416 Å². The van der Waals surface area contributed by atoms with Crippen LogP contribution in [0.25, 0.3) is 0 Å². The van der Waals surface area contributed by atoms with Gasteiger partial charge in [-0.15, -0.1) is 0 Å². The maximum absolute atomic E-state index is 12.4. The van der Waals surface area contributed by atoms with Crippen LogP contribution < -0.4 is 0 Å². The number of aliphatic hydroxyl groups excluding tert-OH is 1. The maximum Gasteiger partial charge on any atom is 0.306 e. The van der Waals surface area contributed by atoms with Crippen LogP contribution in [-0.4, -0.2) is 36.4 Å². The first kappa shape index (κ1) is 83.1. The van der Waals surface area contributed by atoms with Gasteiger partial charge < -0.3 is 14.6 Å². The number of carbonyl (C=O) groups excluding carboxylic acids is 2. The Bertz CT molecular complexity index is 1350. The third kappa shape index (κ3) is 74.5. The van der Waals surface area contributed by atoms with E-state index in [2.05, 4.69) is 50.3 Å². The molecule has 0 rings (SSSR count). The van der Waals surface area contributed by atoms with E-state index in [0.29, 0.717) is 12.8 Å². The van der Waals surface area contributed by atoms with E-state index in [0.717, 1.165) is 44.9 Å². The number of hydrogen-bond acceptors (Lipinski definition) is 5. The summed E-state index contributed by atoms with van der Waals surface area (Å²) in [7, 11) is 0. The van der Waals surface area contributed by atoms with E-state index in [1.165, 1.54) is 372 Å². The van der Waals surface area contributed by atoms with E-state index in [-0.39, 0.29) is 25.2 Å². The molecule has 0 aromatic carbocycles. The van der Waals surface area contributed by atoms with Gasteiger partial charge in [0.15, 0.2) is 6.10 Å². The summed E-state index contributed by atoms with van der Waals surface area (Å²) < 4.78 is 10.8. The van der Waals surface area contributed by atoms with Crippen LogP contribution in [0.1, 0.15) is 444 Å². The van der Waals surface area contributed by atoms with Gasteiger partial charge in [-0.25, -0.2) is 0 Å². The molecule has 1 N–H and O–H groups in total. The number of ether oxygens (including phenoxy) is 2. The summed E-state index contributed by atoms with van der Waals surface area (Å²) in [6.45, 7) is 4.20. The second-order valence-corrected chi connectivity index (χ2v) is 26.8. The first-order valence-electron chi connectivity index (χ1n) is 39.0. The molecule has 0 radical (unpaired) electrons. The Morgan fingerprint density at radius 1 is 0.271 bits per heavy atom. The second kappa shape index (κ2) is 76.4. The third-order valence-electron chi connectivity index (χ3n) is 18.2. The molecule has 1 atom stereocenters. The number of allylic oxidation sites excluding steroid dienone is 6. The van der Waals surface area contributed by atoms with Crippen LogP contribution in [-0.2, 0) is 19.1 Å². The number of hydrogen-bond donors (Lipinski definition) is 1. The van der Waals surface area contributed by atoms with Crippen molar-refractivity contribution in [2.24, 2.45) is 0 Å². The lowest BCUT2D eigenvalue weighted by Crippen LogP contribution is -2.28. The lowest BCUT2D eigenvalue weighted by Gasteiger charge is -2.15. The molecule has 0 aromatic heterocycles. The van der Waals surface area contributed by atoms with Gasteiger partial charge in [0.2, 0.25) is 0 Å². The SMILES string of the molecule is CCCCCCC/C=C\C/C=C\C/C=C\CCCCCCCCCCCCCCCCCCC(=O)OC(CO)COC(=O)CCCCCCCCCCCCCCCCCCCCCCCCCCCCCCCCCCCCCCCCCC. The lowest BCUT2D eigenvalue weighted by atomic mass is 10.0. The van der Waals surface area contributed by atoms with E-state index in [4.69, 9.17) is 9.47 Å². The van der Waals surface area contributed by atoms with Crippen molar-refractivity contribution in [3.8, 4) is 0 Å². The van der Waals surface area contributed by atoms with Crippen molar-refractivity contribution >= 4 is 11.9 Å². The fourth-order valence-electron chi connectivity index (χ4n) is 12.3. The fraction of sp³-hybridized carbons (Fsp3) is 0.900. The van der Waals surface area contributed by atoms with Crippen LogP contribution >= 0.6 is 0 Å². The zero-order chi connectivity index (χ0) is 61.2. The molecule has 0 amide bonds. The monoisotopic (exact) mass is 1190 g/mol. The summed E-state index contributed by atoms with van der Waals surface area (Å²) >= 11 is 0. The number of rotatable bonds is 74. The van der Waals surface area contributed by atoms with Crippen molar-refractivity contribution in [1.82, 2.24) is 0 Å². The highest BCUT2D eigenvalue weighted by Crippen LogP contribution is 2.20. The molecule has 5 nitrogen and oxygen atoms in total. The Labute approximate surface area is 533 Å². The predicted molar refractivity (Wildman–Crippen MR) is 376 cm³/mol. The predicted octanol–water partition coefficient (Wildman–Crippen LogP) is 27.3. The van der Waals surface area contributed by atoms with Crippen LogP contribution in [0.2, 0.25) is 0 Å². The van der Waals surface area contributed by atoms with Gasteiger partial charge in [0.1, 0.15) is 6.61 Å². The topological polar surface area (TPSA) is 72.8 Å². The van der Waals surface area contributed by atoms with Crippen molar-refractivity contribution in [2.75, 3.05) is 13.2 Å². The molecule has 5 heteroatoms. The standard InChI is InChI=1S/C80H152O5/c1-3-5-7-9-11-13-15-17-19-21-23-25-27-29-31-33-35-36-37-38-39-40-41-42-43-45-46-48-50-52-54-56-58-60-62-64-66-68-70-72-74-79(82)84-77-78(76-81)85-80(83)75-73-71-69-67-65-63-61-59-57-55-53-51-49-47-44-34-32-30-28-26-24-22-20-18-16-14-12-10-8-6-4-2/h16,18,22,24,28,30,78,81H,3-15,17,19-21,23,25-27,29,31-77H2,1-2H3/b18-16-,24-22-,30-28-. The average molecular weight is 1190 g/mol. The van der Waals surface area contributed by atoms with Crippen molar-refractivity contribution < 1.29 is 24.2 Å². The highest BCUT2D eigenvalue weighted by molar-refractivity contribution is 5.70.